The fourth-order valence-corrected chi connectivity index (χ4v) is 2.97. The van der Waals surface area contributed by atoms with Gasteiger partial charge >= 0.3 is 0 Å². The first-order chi connectivity index (χ1) is 8.66. The predicted molar refractivity (Wildman–Crippen MR) is 81.1 cm³/mol. The van der Waals surface area contributed by atoms with Crippen molar-refractivity contribution in [1.29, 1.82) is 0 Å². The van der Waals surface area contributed by atoms with Gasteiger partial charge in [0.25, 0.3) is 0 Å². The minimum absolute atomic E-state index is 0.102. The monoisotopic (exact) mass is 385 g/mol. The molecule has 0 saturated heterocycles. The smallest absolute Gasteiger partial charge is 0.173 e. The first kappa shape index (κ1) is 13.8. The maximum Gasteiger partial charge on any atom is 0.173 e. The van der Waals surface area contributed by atoms with Crippen LogP contribution in [0, 0.1) is 0 Å². The van der Waals surface area contributed by atoms with E-state index >= 15 is 0 Å². The summed E-state index contributed by atoms with van der Waals surface area (Å²) < 4.78 is 1.89. The highest BCUT2D eigenvalue weighted by molar-refractivity contribution is 9.10. The Bertz CT molecular complexity index is 557. The normalized spacial score (nSPS) is 10.3. The average molecular weight is 387 g/mol. The number of halogens is 2. The van der Waals surface area contributed by atoms with Gasteiger partial charge < -0.3 is 0 Å². The van der Waals surface area contributed by atoms with E-state index in [-0.39, 0.29) is 5.78 Å². The standard InChI is InChI=1S/C13H9Br2NOS/c14-10-5-3-9(4-6-10)12(17)8-18-13-11(15)2-1-7-16-13/h1-7H,8H2. The summed E-state index contributed by atoms with van der Waals surface area (Å²) in [6, 6.07) is 11.1. The Morgan fingerprint density at radius 2 is 1.89 bits per heavy atom. The third-order valence-electron chi connectivity index (χ3n) is 2.23. The maximum atomic E-state index is 12.0. The van der Waals surface area contributed by atoms with Crippen LogP contribution >= 0.6 is 43.6 Å². The van der Waals surface area contributed by atoms with Crippen molar-refractivity contribution in [3.8, 4) is 0 Å². The van der Waals surface area contributed by atoms with Crippen molar-refractivity contribution in [2.45, 2.75) is 5.03 Å². The molecular formula is C13H9Br2NOS. The van der Waals surface area contributed by atoms with Gasteiger partial charge in [-0.2, -0.15) is 0 Å². The van der Waals surface area contributed by atoms with Crippen LogP contribution < -0.4 is 0 Å². The van der Waals surface area contributed by atoms with Crippen LogP contribution in [0.15, 0.2) is 56.6 Å². The summed E-state index contributed by atoms with van der Waals surface area (Å²) in [5.74, 6) is 0.488. The lowest BCUT2D eigenvalue weighted by Gasteiger charge is -2.03. The number of pyridine rings is 1. The van der Waals surface area contributed by atoms with E-state index in [1.54, 1.807) is 6.20 Å². The molecule has 0 amide bonds. The second kappa shape index (κ2) is 6.50. The second-order valence-corrected chi connectivity index (χ2v) is 6.24. The summed E-state index contributed by atoms with van der Waals surface area (Å²) in [4.78, 5) is 16.2. The van der Waals surface area contributed by atoms with Gasteiger partial charge in [0.05, 0.1) is 5.75 Å². The molecule has 0 N–H and O–H groups in total. The van der Waals surface area contributed by atoms with Crippen LogP contribution in [-0.2, 0) is 0 Å². The molecule has 2 nitrogen and oxygen atoms in total. The molecule has 0 aliphatic rings. The van der Waals surface area contributed by atoms with E-state index in [1.165, 1.54) is 11.8 Å². The summed E-state index contributed by atoms with van der Waals surface area (Å²) in [5.41, 5.74) is 0.720. The number of carbonyl (C=O) groups is 1. The number of hydrogen-bond donors (Lipinski definition) is 0. The van der Waals surface area contributed by atoms with Gasteiger partial charge in [-0.25, -0.2) is 4.98 Å². The Morgan fingerprint density at radius 1 is 1.17 bits per heavy atom. The summed E-state index contributed by atoms with van der Waals surface area (Å²) in [5, 5.41) is 0.836. The van der Waals surface area contributed by atoms with Crippen molar-refractivity contribution in [3.05, 3.63) is 57.1 Å². The number of carbonyl (C=O) groups excluding carboxylic acids is 1. The third-order valence-corrected chi connectivity index (χ3v) is 4.67. The molecule has 0 bridgehead atoms. The van der Waals surface area contributed by atoms with Crippen LogP contribution in [0.5, 0.6) is 0 Å². The van der Waals surface area contributed by atoms with Crippen molar-refractivity contribution in [1.82, 2.24) is 4.98 Å². The van der Waals surface area contributed by atoms with Gasteiger partial charge in [0, 0.05) is 20.7 Å². The van der Waals surface area contributed by atoms with Crippen molar-refractivity contribution in [2.75, 3.05) is 5.75 Å². The van der Waals surface area contributed by atoms with Crippen LogP contribution in [0.1, 0.15) is 10.4 Å². The molecule has 0 radical (unpaired) electrons. The third kappa shape index (κ3) is 3.67. The molecule has 0 atom stereocenters. The Balaban J connectivity index is 2.01. The fourth-order valence-electron chi connectivity index (χ4n) is 1.33. The van der Waals surface area contributed by atoms with E-state index in [0.29, 0.717) is 5.75 Å². The summed E-state index contributed by atoms with van der Waals surface area (Å²) in [7, 11) is 0. The van der Waals surface area contributed by atoms with Gasteiger partial charge in [0.2, 0.25) is 0 Å². The molecule has 1 aromatic carbocycles. The Hall–Kier alpha value is -0.650. The van der Waals surface area contributed by atoms with Gasteiger partial charge in [-0.05, 0) is 40.2 Å². The SMILES string of the molecule is O=C(CSc1ncccc1Br)c1ccc(Br)cc1. The predicted octanol–water partition coefficient (Wildman–Crippen LogP) is 4.58. The molecule has 0 unspecified atom stereocenters. The van der Waals surface area contributed by atoms with Crippen molar-refractivity contribution in [3.63, 3.8) is 0 Å². The summed E-state index contributed by atoms with van der Waals surface area (Å²) in [6.07, 6.45) is 1.72. The zero-order chi connectivity index (χ0) is 13.0. The minimum atomic E-state index is 0.102. The molecule has 1 heterocycles. The first-order valence-electron chi connectivity index (χ1n) is 5.19. The number of thioether (sulfide) groups is 1. The van der Waals surface area contributed by atoms with Crippen LogP contribution in [0.4, 0.5) is 0 Å². The van der Waals surface area contributed by atoms with Gasteiger partial charge in [-0.15, -0.1) is 0 Å². The number of Topliss-reactive ketones (excluding diaryl/α,β-unsaturated/α-hetero) is 1. The van der Waals surface area contributed by atoms with E-state index < -0.39 is 0 Å². The quantitative estimate of drug-likeness (QED) is 0.568. The van der Waals surface area contributed by atoms with Crippen LogP contribution in [-0.4, -0.2) is 16.5 Å². The number of nitrogens with zero attached hydrogens (tertiary/aromatic N) is 1. The number of ketones is 1. The molecule has 0 aliphatic carbocycles. The average Bonchev–Trinajstić information content (AvgIpc) is 2.38. The van der Waals surface area contributed by atoms with Crippen molar-refractivity contribution in [2.24, 2.45) is 0 Å². The van der Waals surface area contributed by atoms with Gasteiger partial charge in [-0.3, -0.25) is 4.79 Å². The van der Waals surface area contributed by atoms with Gasteiger partial charge in [0.1, 0.15) is 5.03 Å². The molecule has 1 aromatic heterocycles. The lowest BCUT2D eigenvalue weighted by molar-refractivity contribution is 0.102. The van der Waals surface area contributed by atoms with Crippen LogP contribution in [0.25, 0.3) is 0 Å². The first-order valence-corrected chi connectivity index (χ1v) is 7.76. The molecule has 0 aliphatic heterocycles. The van der Waals surface area contributed by atoms with E-state index in [2.05, 4.69) is 36.8 Å². The second-order valence-electron chi connectivity index (χ2n) is 3.51. The van der Waals surface area contributed by atoms with E-state index in [1.807, 2.05) is 36.4 Å². The number of benzene rings is 1. The highest BCUT2D eigenvalue weighted by atomic mass is 79.9. The van der Waals surface area contributed by atoms with Crippen LogP contribution in [0.2, 0.25) is 0 Å². The molecule has 18 heavy (non-hydrogen) atoms. The highest BCUT2D eigenvalue weighted by Gasteiger charge is 2.08. The number of hydrogen-bond acceptors (Lipinski definition) is 3. The van der Waals surface area contributed by atoms with E-state index in [0.717, 1.165) is 19.5 Å². The van der Waals surface area contributed by atoms with Gasteiger partial charge in [-0.1, -0.05) is 39.8 Å². The summed E-state index contributed by atoms with van der Waals surface area (Å²) >= 11 is 8.19. The number of aromatic nitrogens is 1. The maximum absolute atomic E-state index is 12.0. The molecule has 0 saturated carbocycles. The summed E-state index contributed by atoms with van der Waals surface area (Å²) in [6.45, 7) is 0. The Morgan fingerprint density at radius 3 is 2.56 bits per heavy atom. The van der Waals surface area contributed by atoms with Crippen LogP contribution in [0.3, 0.4) is 0 Å². The molecule has 0 fully saturated rings. The largest absolute Gasteiger partial charge is 0.293 e. The van der Waals surface area contributed by atoms with E-state index in [9.17, 15) is 4.79 Å². The zero-order valence-electron chi connectivity index (χ0n) is 9.27. The highest BCUT2D eigenvalue weighted by Crippen LogP contribution is 2.25. The molecular weight excluding hydrogens is 378 g/mol. The number of rotatable bonds is 4. The Labute approximate surface area is 126 Å². The molecule has 0 spiro atoms. The zero-order valence-corrected chi connectivity index (χ0v) is 13.3. The van der Waals surface area contributed by atoms with Crippen molar-refractivity contribution < 1.29 is 4.79 Å². The minimum Gasteiger partial charge on any atom is -0.293 e. The topological polar surface area (TPSA) is 30.0 Å². The lowest BCUT2D eigenvalue weighted by Crippen LogP contribution is -2.02. The molecule has 92 valence electrons. The molecule has 2 rings (SSSR count). The molecule has 5 heteroatoms. The molecule has 2 aromatic rings. The van der Waals surface area contributed by atoms with Crippen molar-refractivity contribution >= 4 is 49.4 Å². The fraction of sp³-hybridized carbons (Fsp3) is 0.0769. The Kier molecular flexibility index (Phi) is 4.97. The lowest BCUT2D eigenvalue weighted by atomic mass is 10.2. The van der Waals surface area contributed by atoms with E-state index in [4.69, 9.17) is 0 Å². The van der Waals surface area contributed by atoms with Gasteiger partial charge in [0.15, 0.2) is 5.78 Å².